The molecule has 0 fully saturated rings. The van der Waals surface area contributed by atoms with Gasteiger partial charge in [-0.15, -0.1) is 0 Å². The highest BCUT2D eigenvalue weighted by Crippen LogP contribution is 2.25. The van der Waals surface area contributed by atoms with Crippen molar-refractivity contribution in [3.63, 3.8) is 0 Å². The third kappa shape index (κ3) is 4.04. The predicted octanol–water partition coefficient (Wildman–Crippen LogP) is 2.22. The first-order valence-electron chi connectivity index (χ1n) is 6.01. The fraction of sp³-hybridized carbons (Fsp3) is 0.500. The standard InChI is InChI=1S/C14H20O4/c1-9-4-5-10(2)14(11(9)3)18-7-6-12(15)8-13(16)17/h4-5,12,15H,6-8H2,1-3H3,(H,16,17). The third-order valence-corrected chi connectivity index (χ3v) is 2.98. The van der Waals surface area contributed by atoms with Gasteiger partial charge in [0.1, 0.15) is 5.75 Å². The quantitative estimate of drug-likeness (QED) is 0.814. The summed E-state index contributed by atoms with van der Waals surface area (Å²) in [6, 6.07) is 4.03. The molecule has 0 amide bonds. The van der Waals surface area contributed by atoms with Crippen LogP contribution in [0.1, 0.15) is 29.5 Å². The number of carboxylic acid groups (broad SMARTS) is 1. The molecule has 0 heterocycles. The van der Waals surface area contributed by atoms with Crippen molar-refractivity contribution in [3.8, 4) is 5.75 Å². The topological polar surface area (TPSA) is 66.8 Å². The number of aliphatic hydroxyl groups excluding tert-OH is 1. The van der Waals surface area contributed by atoms with Crippen LogP contribution in [0.5, 0.6) is 5.75 Å². The van der Waals surface area contributed by atoms with Gasteiger partial charge in [0.2, 0.25) is 0 Å². The molecule has 0 aromatic heterocycles. The van der Waals surface area contributed by atoms with Crippen molar-refractivity contribution in [1.82, 2.24) is 0 Å². The van der Waals surface area contributed by atoms with Gasteiger partial charge >= 0.3 is 5.97 Å². The number of carboxylic acids is 1. The lowest BCUT2D eigenvalue weighted by Gasteiger charge is -2.15. The molecule has 0 aliphatic carbocycles. The molecule has 100 valence electrons. The number of benzene rings is 1. The smallest absolute Gasteiger partial charge is 0.305 e. The Morgan fingerprint density at radius 3 is 2.50 bits per heavy atom. The van der Waals surface area contributed by atoms with Gasteiger partial charge < -0.3 is 14.9 Å². The number of carbonyl (C=O) groups is 1. The molecule has 0 aliphatic rings. The molecule has 0 saturated heterocycles. The van der Waals surface area contributed by atoms with Crippen molar-refractivity contribution in [2.75, 3.05) is 6.61 Å². The van der Waals surface area contributed by atoms with Crippen LogP contribution in [-0.2, 0) is 4.79 Å². The van der Waals surface area contributed by atoms with Crippen LogP contribution in [0.15, 0.2) is 12.1 Å². The minimum absolute atomic E-state index is 0.241. The van der Waals surface area contributed by atoms with E-state index in [1.165, 1.54) is 0 Å². The van der Waals surface area contributed by atoms with E-state index in [9.17, 15) is 9.90 Å². The molecule has 1 unspecified atom stereocenters. The molecule has 0 aliphatic heterocycles. The van der Waals surface area contributed by atoms with Gasteiger partial charge in [-0.05, 0) is 37.5 Å². The maximum absolute atomic E-state index is 10.4. The van der Waals surface area contributed by atoms with Crippen molar-refractivity contribution in [2.24, 2.45) is 0 Å². The second-order valence-corrected chi connectivity index (χ2v) is 4.54. The summed E-state index contributed by atoms with van der Waals surface area (Å²) in [4.78, 5) is 10.4. The Kier molecular flexibility index (Phi) is 5.16. The Labute approximate surface area is 107 Å². The predicted molar refractivity (Wildman–Crippen MR) is 69.0 cm³/mol. The van der Waals surface area contributed by atoms with Gasteiger partial charge in [0.25, 0.3) is 0 Å². The van der Waals surface area contributed by atoms with Gasteiger partial charge in [0.15, 0.2) is 0 Å². The zero-order chi connectivity index (χ0) is 13.7. The first kappa shape index (κ1) is 14.5. The summed E-state index contributed by atoms with van der Waals surface area (Å²) in [6.07, 6.45) is -0.776. The largest absolute Gasteiger partial charge is 0.493 e. The lowest BCUT2D eigenvalue weighted by molar-refractivity contribution is -0.139. The summed E-state index contributed by atoms with van der Waals surface area (Å²) in [5.74, 6) is -0.164. The average Bonchev–Trinajstić information content (AvgIpc) is 2.27. The molecule has 18 heavy (non-hydrogen) atoms. The first-order valence-corrected chi connectivity index (χ1v) is 6.01. The molecule has 1 aromatic carbocycles. The SMILES string of the molecule is Cc1ccc(C)c(OCCC(O)CC(=O)O)c1C. The van der Waals surface area contributed by atoms with Crippen LogP contribution in [0.4, 0.5) is 0 Å². The number of aliphatic hydroxyl groups is 1. The Morgan fingerprint density at radius 1 is 1.28 bits per heavy atom. The van der Waals surface area contributed by atoms with E-state index in [4.69, 9.17) is 9.84 Å². The van der Waals surface area contributed by atoms with Gasteiger partial charge in [-0.25, -0.2) is 0 Å². The summed E-state index contributed by atoms with van der Waals surface area (Å²) in [5, 5.41) is 18.0. The van der Waals surface area contributed by atoms with Crippen LogP contribution in [0.3, 0.4) is 0 Å². The fourth-order valence-electron chi connectivity index (χ4n) is 1.75. The van der Waals surface area contributed by atoms with Crippen molar-refractivity contribution < 1.29 is 19.7 Å². The van der Waals surface area contributed by atoms with Gasteiger partial charge in [-0.3, -0.25) is 4.79 Å². The van der Waals surface area contributed by atoms with E-state index in [1.54, 1.807) is 0 Å². The zero-order valence-electron chi connectivity index (χ0n) is 11.1. The van der Waals surface area contributed by atoms with Crippen LogP contribution in [0.25, 0.3) is 0 Å². The summed E-state index contributed by atoms with van der Waals surface area (Å²) < 4.78 is 5.65. The van der Waals surface area contributed by atoms with Crippen LogP contribution >= 0.6 is 0 Å². The molecule has 4 heteroatoms. The molecular formula is C14H20O4. The fourth-order valence-corrected chi connectivity index (χ4v) is 1.75. The highest BCUT2D eigenvalue weighted by atomic mass is 16.5. The monoisotopic (exact) mass is 252 g/mol. The molecule has 0 spiro atoms. The van der Waals surface area contributed by atoms with E-state index in [2.05, 4.69) is 0 Å². The summed E-state index contributed by atoms with van der Waals surface area (Å²) in [7, 11) is 0. The molecule has 0 saturated carbocycles. The lowest BCUT2D eigenvalue weighted by Crippen LogP contribution is -2.16. The molecular weight excluding hydrogens is 232 g/mol. The molecule has 0 bridgehead atoms. The molecule has 1 rings (SSSR count). The highest BCUT2D eigenvalue weighted by molar-refractivity contribution is 5.67. The maximum Gasteiger partial charge on any atom is 0.305 e. The van der Waals surface area contributed by atoms with Crippen molar-refractivity contribution in [2.45, 2.75) is 39.7 Å². The summed E-state index contributed by atoms with van der Waals surface area (Å²) in [6.45, 7) is 6.29. The van der Waals surface area contributed by atoms with Gasteiger partial charge in [0, 0.05) is 6.42 Å². The van der Waals surface area contributed by atoms with E-state index in [0.717, 1.165) is 22.4 Å². The Balaban J connectivity index is 2.54. The van der Waals surface area contributed by atoms with E-state index in [-0.39, 0.29) is 6.42 Å². The van der Waals surface area contributed by atoms with Crippen LogP contribution < -0.4 is 4.74 Å². The van der Waals surface area contributed by atoms with Crippen molar-refractivity contribution in [3.05, 3.63) is 28.8 Å². The second kappa shape index (κ2) is 6.40. The Bertz CT molecular complexity index is 426. The van der Waals surface area contributed by atoms with Crippen LogP contribution in [0, 0.1) is 20.8 Å². The minimum Gasteiger partial charge on any atom is -0.493 e. The Morgan fingerprint density at radius 2 is 1.89 bits per heavy atom. The van der Waals surface area contributed by atoms with E-state index < -0.39 is 12.1 Å². The zero-order valence-corrected chi connectivity index (χ0v) is 11.1. The van der Waals surface area contributed by atoms with Crippen molar-refractivity contribution in [1.29, 1.82) is 0 Å². The number of rotatable bonds is 6. The van der Waals surface area contributed by atoms with Gasteiger partial charge in [-0.1, -0.05) is 12.1 Å². The van der Waals surface area contributed by atoms with E-state index in [0.29, 0.717) is 13.0 Å². The maximum atomic E-state index is 10.4. The molecule has 1 aromatic rings. The highest BCUT2D eigenvalue weighted by Gasteiger charge is 2.11. The number of hydrogen-bond donors (Lipinski definition) is 2. The molecule has 1 atom stereocenters. The van der Waals surface area contributed by atoms with Gasteiger partial charge in [-0.2, -0.15) is 0 Å². The first-order chi connectivity index (χ1) is 8.41. The summed E-state index contributed by atoms with van der Waals surface area (Å²) >= 11 is 0. The Hall–Kier alpha value is -1.55. The van der Waals surface area contributed by atoms with Gasteiger partial charge in [0.05, 0.1) is 19.1 Å². The van der Waals surface area contributed by atoms with E-state index >= 15 is 0 Å². The van der Waals surface area contributed by atoms with Crippen LogP contribution in [0.2, 0.25) is 0 Å². The van der Waals surface area contributed by atoms with Crippen molar-refractivity contribution >= 4 is 5.97 Å². The number of aryl methyl sites for hydroxylation is 2. The third-order valence-electron chi connectivity index (χ3n) is 2.98. The number of aliphatic carboxylic acids is 1. The van der Waals surface area contributed by atoms with E-state index in [1.807, 2.05) is 32.9 Å². The summed E-state index contributed by atoms with van der Waals surface area (Å²) in [5.41, 5.74) is 3.29. The lowest BCUT2D eigenvalue weighted by atomic mass is 10.1. The molecule has 2 N–H and O–H groups in total. The van der Waals surface area contributed by atoms with Crippen LogP contribution in [-0.4, -0.2) is 28.9 Å². The average molecular weight is 252 g/mol. The second-order valence-electron chi connectivity index (χ2n) is 4.54. The number of hydrogen-bond acceptors (Lipinski definition) is 3. The number of ether oxygens (including phenoxy) is 1. The molecule has 0 radical (unpaired) electrons. The molecule has 4 nitrogen and oxygen atoms in total. The normalized spacial score (nSPS) is 12.2. The minimum atomic E-state index is -0.995.